The summed E-state index contributed by atoms with van der Waals surface area (Å²) in [6.45, 7) is 3.96. The van der Waals surface area contributed by atoms with Gasteiger partial charge in [-0.15, -0.1) is 0 Å². The van der Waals surface area contributed by atoms with Crippen molar-refractivity contribution in [3.05, 3.63) is 0 Å². The molecule has 0 aliphatic heterocycles. The van der Waals surface area contributed by atoms with Crippen molar-refractivity contribution in [1.82, 2.24) is 4.72 Å². The Morgan fingerprint density at radius 2 is 1.86 bits per heavy atom. The molecule has 0 fully saturated rings. The molecular formula is C9H21NO2S2. The van der Waals surface area contributed by atoms with Gasteiger partial charge in [0.15, 0.2) is 0 Å². The van der Waals surface area contributed by atoms with Crippen LogP contribution in [0.1, 0.15) is 33.1 Å². The second-order valence-electron chi connectivity index (χ2n) is 3.54. The number of hydrogen-bond acceptors (Lipinski definition) is 3. The largest absolute Gasteiger partial charge is 0.215 e. The third kappa shape index (κ3) is 6.68. The Kier molecular flexibility index (Phi) is 7.68. The molecule has 3 nitrogen and oxygen atoms in total. The summed E-state index contributed by atoms with van der Waals surface area (Å²) in [5, 5.41) is -0.325. The summed E-state index contributed by atoms with van der Waals surface area (Å²) in [6, 6.07) is 0. The lowest BCUT2D eigenvalue weighted by molar-refractivity contribution is 0.567. The van der Waals surface area contributed by atoms with E-state index < -0.39 is 10.0 Å². The number of hydrogen-bond donors (Lipinski definition) is 1. The molecule has 0 bridgehead atoms. The Morgan fingerprint density at radius 1 is 1.21 bits per heavy atom. The second-order valence-corrected chi connectivity index (χ2v) is 6.85. The molecule has 0 amide bonds. The third-order valence-electron chi connectivity index (χ3n) is 1.95. The maximum absolute atomic E-state index is 11.3. The van der Waals surface area contributed by atoms with Crippen LogP contribution < -0.4 is 4.72 Å². The molecule has 0 aromatic carbocycles. The Balaban J connectivity index is 3.46. The maximum atomic E-state index is 11.3. The molecule has 0 aromatic rings. The van der Waals surface area contributed by atoms with E-state index in [0.717, 1.165) is 18.6 Å². The van der Waals surface area contributed by atoms with E-state index in [2.05, 4.69) is 11.0 Å². The van der Waals surface area contributed by atoms with E-state index in [1.807, 2.05) is 11.8 Å². The van der Waals surface area contributed by atoms with Gasteiger partial charge < -0.3 is 0 Å². The van der Waals surface area contributed by atoms with Gasteiger partial charge in [0.25, 0.3) is 0 Å². The van der Waals surface area contributed by atoms with Crippen LogP contribution in [0.3, 0.4) is 0 Å². The van der Waals surface area contributed by atoms with E-state index in [4.69, 9.17) is 0 Å². The number of thioether (sulfide) groups is 1. The van der Waals surface area contributed by atoms with Gasteiger partial charge in [0.2, 0.25) is 10.0 Å². The van der Waals surface area contributed by atoms with Crippen LogP contribution in [0.15, 0.2) is 0 Å². The molecule has 0 radical (unpaired) electrons. The van der Waals surface area contributed by atoms with Gasteiger partial charge in [-0.25, -0.2) is 13.1 Å². The minimum absolute atomic E-state index is 0.325. The van der Waals surface area contributed by atoms with Crippen molar-refractivity contribution in [3.63, 3.8) is 0 Å². The molecule has 5 heteroatoms. The molecule has 0 saturated heterocycles. The standard InChI is InChI=1S/C9H21NO2S2/c1-9(2)14(11,12)10-7-5-4-6-8-13-3/h9-10H,4-8H2,1-3H3. The molecule has 0 aliphatic rings. The zero-order valence-corrected chi connectivity index (χ0v) is 10.9. The predicted molar refractivity (Wildman–Crippen MR) is 64.3 cm³/mol. The van der Waals surface area contributed by atoms with Crippen molar-refractivity contribution in [2.75, 3.05) is 18.6 Å². The highest BCUT2D eigenvalue weighted by Crippen LogP contribution is 2.02. The van der Waals surface area contributed by atoms with Gasteiger partial charge in [0, 0.05) is 6.54 Å². The molecular weight excluding hydrogens is 218 g/mol. The minimum atomic E-state index is -3.05. The van der Waals surface area contributed by atoms with Crippen LogP contribution in [-0.2, 0) is 10.0 Å². The quantitative estimate of drug-likeness (QED) is 0.658. The number of rotatable bonds is 8. The predicted octanol–water partition coefficient (Wildman–Crippen LogP) is 1.85. The molecule has 0 atom stereocenters. The van der Waals surface area contributed by atoms with E-state index in [9.17, 15) is 8.42 Å². The summed E-state index contributed by atoms with van der Waals surface area (Å²) < 4.78 is 25.2. The summed E-state index contributed by atoms with van der Waals surface area (Å²) in [4.78, 5) is 0. The van der Waals surface area contributed by atoms with Crippen LogP contribution in [0.4, 0.5) is 0 Å². The summed E-state index contributed by atoms with van der Waals surface area (Å²) in [6.07, 6.45) is 5.29. The van der Waals surface area contributed by atoms with E-state index in [-0.39, 0.29) is 5.25 Å². The van der Waals surface area contributed by atoms with Gasteiger partial charge in [-0.3, -0.25) is 0 Å². The van der Waals surface area contributed by atoms with Crippen molar-refractivity contribution < 1.29 is 8.42 Å². The molecule has 1 N–H and O–H groups in total. The van der Waals surface area contributed by atoms with E-state index in [1.165, 1.54) is 6.42 Å². The highest BCUT2D eigenvalue weighted by molar-refractivity contribution is 7.98. The molecule has 0 rings (SSSR count). The lowest BCUT2D eigenvalue weighted by Crippen LogP contribution is -2.31. The summed E-state index contributed by atoms with van der Waals surface area (Å²) in [7, 11) is -3.05. The van der Waals surface area contributed by atoms with Crippen LogP contribution >= 0.6 is 11.8 Å². The maximum Gasteiger partial charge on any atom is 0.213 e. The molecule has 86 valence electrons. The second kappa shape index (κ2) is 7.54. The molecule has 0 unspecified atom stereocenters. The molecule has 0 saturated carbocycles. The van der Waals surface area contributed by atoms with Crippen molar-refractivity contribution in [3.8, 4) is 0 Å². The van der Waals surface area contributed by atoms with Crippen LogP contribution in [-0.4, -0.2) is 32.2 Å². The monoisotopic (exact) mass is 239 g/mol. The first kappa shape index (κ1) is 14.3. The van der Waals surface area contributed by atoms with Gasteiger partial charge in [0.1, 0.15) is 0 Å². The summed E-state index contributed by atoms with van der Waals surface area (Å²) >= 11 is 1.83. The lowest BCUT2D eigenvalue weighted by atomic mass is 10.2. The van der Waals surface area contributed by atoms with E-state index >= 15 is 0 Å². The van der Waals surface area contributed by atoms with Crippen molar-refractivity contribution in [2.45, 2.75) is 38.4 Å². The third-order valence-corrected chi connectivity index (χ3v) is 4.49. The van der Waals surface area contributed by atoms with Crippen molar-refractivity contribution >= 4 is 21.8 Å². The van der Waals surface area contributed by atoms with Crippen LogP contribution in [0, 0.1) is 0 Å². The fourth-order valence-electron chi connectivity index (χ4n) is 0.929. The van der Waals surface area contributed by atoms with Crippen LogP contribution in [0.2, 0.25) is 0 Å². The summed E-state index contributed by atoms with van der Waals surface area (Å²) in [5.41, 5.74) is 0. The molecule has 0 aliphatic carbocycles. The van der Waals surface area contributed by atoms with Crippen LogP contribution in [0.25, 0.3) is 0 Å². The van der Waals surface area contributed by atoms with Crippen molar-refractivity contribution in [1.29, 1.82) is 0 Å². The van der Waals surface area contributed by atoms with Gasteiger partial charge >= 0.3 is 0 Å². The van der Waals surface area contributed by atoms with Gasteiger partial charge in [-0.2, -0.15) is 11.8 Å². The van der Waals surface area contributed by atoms with Gasteiger partial charge in [-0.05, 0) is 38.7 Å². The minimum Gasteiger partial charge on any atom is -0.215 e. The Labute approximate surface area is 92.1 Å². The first-order valence-electron chi connectivity index (χ1n) is 4.98. The Morgan fingerprint density at radius 3 is 2.36 bits per heavy atom. The Bertz CT molecular complexity index is 225. The number of sulfonamides is 1. The summed E-state index contributed by atoms with van der Waals surface area (Å²) in [5.74, 6) is 1.16. The average molecular weight is 239 g/mol. The fraction of sp³-hybridized carbons (Fsp3) is 1.00. The van der Waals surface area contributed by atoms with E-state index in [1.54, 1.807) is 13.8 Å². The number of unbranched alkanes of at least 4 members (excludes halogenated alkanes) is 2. The van der Waals surface area contributed by atoms with Crippen molar-refractivity contribution in [2.24, 2.45) is 0 Å². The SMILES string of the molecule is CSCCCCCNS(=O)(=O)C(C)C. The molecule has 0 spiro atoms. The lowest BCUT2D eigenvalue weighted by Gasteiger charge is -2.08. The Hall–Kier alpha value is 0.260. The molecule has 0 aromatic heterocycles. The smallest absolute Gasteiger partial charge is 0.213 e. The van der Waals surface area contributed by atoms with Gasteiger partial charge in [-0.1, -0.05) is 6.42 Å². The van der Waals surface area contributed by atoms with Crippen LogP contribution in [0.5, 0.6) is 0 Å². The zero-order chi connectivity index (χ0) is 11.0. The zero-order valence-electron chi connectivity index (χ0n) is 9.25. The fourth-order valence-corrected chi connectivity index (χ4v) is 2.18. The van der Waals surface area contributed by atoms with Gasteiger partial charge in [0.05, 0.1) is 5.25 Å². The van der Waals surface area contributed by atoms with E-state index in [0.29, 0.717) is 6.54 Å². The highest BCUT2D eigenvalue weighted by Gasteiger charge is 2.13. The molecule has 0 heterocycles. The topological polar surface area (TPSA) is 46.2 Å². The normalized spacial score (nSPS) is 12.3. The average Bonchev–Trinajstić information content (AvgIpc) is 2.10. The highest BCUT2D eigenvalue weighted by atomic mass is 32.2. The molecule has 14 heavy (non-hydrogen) atoms. The first-order chi connectivity index (χ1) is 6.50. The number of nitrogens with one attached hydrogen (secondary N) is 1. The first-order valence-corrected chi connectivity index (χ1v) is 7.92.